The topological polar surface area (TPSA) is 54.9 Å². The van der Waals surface area contributed by atoms with Crippen LogP contribution in [-0.2, 0) is 17.6 Å². The minimum Gasteiger partial charge on any atom is -0.325 e. The van der Waals surface area contributed by atoms with Crippen molar-refractivity contribution in [3.8, 4) is 0 Å². The summed E-state index contributed by atoms with van der Waals surface area (Å²) in [7, 11) is 0. The van der Waals surface area contributed by atoms with Crippen LogP contribution < -0.4 is 5.32 Å². The molecule has 0 spiro atoms. The first-order chi connectivity index (χ1) is 13.3. The van der Waals surface area contributed by atoms with Gasteiger partial charge in [-0.15, -0.1) is 11.3 Å². The predicted octanol–water partition coefficient (Wildman–Crippen LogP) is 5.53. The number of carbonyl (C=O) groups is 1. The highest BCUT2D eigenvalue weighted by Gasteiger charge is 2.25. The zero-order chi connectivity index (χ0) is 20.0. The third-order valence-corrected chi connectivity index (χ3v) is 7.50. The number of hydrogen-bond acceptors (Lipinski definition) is 5. The SMILES string of the molecule is Cc1cc(C)c(NC(=O)[C@H](C)Sc2nc(C)nc3sc4c(c23)CCC4)c(C)c1. The molecule has 1 N–H and O–H groups in total. The number of hydrogen-bond donors (Lipinski definition) is 1. The van der Waals surface area contributed by atoms with Crippen molar-refractivity contribution in [3.05, 3.63) is 45.1 Å². The summed E-state index contributed by atoms with van der Waals surface area (Å²) in [4.78, 5) is 24.8. The van der Waals surface area contributed by atoms with Gasteiger partial charge in [0.2, 0.25) is 5.91 Å². The van der Waals surface area contributed by atoms with Crippen LogP contribution in [-0.4, -0.2) is 21.1 Å². The summed E-state index contributed by atoms with van der Waals surface area (Å²) in [6, 6.07) is 4.21. The first-order valence-corrected chi connectivity index (χ1v) is 11.4. The fourth-order valence-electron chi connectivity index (χ4n) is 3.97. The van der Waals surface area contributed by atoms with Gasteiger partial charge in [0.25, 0.3) is 0 Å². The van der Waals surface area contributed by atoms with E-state index in [2.05, 4.69) is 29.4 Å². The number of amides is 1. The molecule has 0 fully saturated rings. The molecule has 0 aliphatic heterocycles. The van der Waals surface area contributed by atoms with Gasteiger partial charge in [0.1, 0.15) is 15.7 Å². The van der Waals surface area contributed by atoms with E-state index in [9.17, 15) is 4.79 Å². The quantitative estimate of drug-likeness (QED) is 0.453. The molecule has 2 heterocycles. The van der Waals surface area contributed by atoms with E-state index in [4.69, 9.17) is 4.98 Å². The second kappa shape index (κ2) is 7.48. The summed E-state index contributed by atoms with van der Waals surface area (Å²) in [5.41, 5.74) is 5.72. The van der Waals surface area contributed by atoms with E-state index >= 15 is 0 Å². The van der Waals surface area contributed by atoms with Crippen molar-refractivity contribution in [2.75, 3.05) is 5.32 Å². The van der Waals surface area contributed by atoms with Crippen LogP contribution in [0.2, 0.25) is 0 Å². The van der Waals surface area contributed by atoms with E-state index in [1.54, 1.807) is 23.1 Å². The number of thioether (sulfide) groups is 1. The molecule has 1 atom stereocenters. The normalized spacial score (nSPS) is 14.3. The second-order valence-electron chi connectivity index (χ2n) is 7.64. The lowest BCUT2D eigenvalue weighted by Gasteiger charge is -2.16. The van der Waals surface area contributed by atoms with Gasteiger partial charge in [-0.1, -0.05) is 29.5 Å². The largest absolute Gasteiger partial charge is 0.325 e. The molecule has 0 bridgehead atoms. The van der Waals surface area contributed by atoms with Crippen molar-refractivity contribution < 1.29 is 4.79 Å². The molecule has 4 rings (SSSR count). The maximum Gasteiger partial charge on any atom is 0.237 e. The number of thiophene rings is 1. The Labute approximate surface area is 174 Å². The van der Waals surface area contributed by atoms with Crippen LogP contribution in [0.1, 0.15) is 46.3 Å². The lowest BCUT2D eigenvalue weighted by Crippen LogP contribution is -2.23. The van der Waals surface area contributed by atoms with Gasteiger partial charge in [0.05, 0.1) is 5.25 Å². The van der Waals surface area contributed by atoms with Crippen LogP contribution in [0.4, 0.5) is 5.69 Å². The minimum atomic E-state index is -0.241. The Morgan fingerprint density at radius 1 is 1.14 bits per heavy atom. The van der Waals surface area contributed by atoms with Crippen molar-refractivity contribution in [3.63, 3.8) is 0 Å². The molecule has 1 aliphatic carbocycles. The zero-order valence-electron chi connectivity index (χ0n) is 17.0. The van der Waals surface area contributed by atoms with Gasteiger partial charge in [0.15, 0.2) is 0 Å². The number of aromatic nitrogens is 2. The van der Waals surface area contributed by atoms with E-state index in [-0.39, 0.29) is 11.2 Å². The molecular formula is C22H25N3OS2. The highest BCUT2D eigenvalue weighted by molar-refractivity contribution is 8.00. The van der Waals surface area contributed by atoms with E-state index < -0.39 is 0 Å². The van der Waals surface area contributed by atoms with Crippen LogP contribution in [0.15, 0.2) is 17.2 Å². The summed E-state index contributed by atoms with van der Waals surface area (Å²) in [5.74, 6) is 0.782. The van der Waals surface area contributed by atoms with Crippen LogP contribution in [0, 0.1) is 27.7 Å². The summed E-state index contributed by atoms with van der Waals surface area (Å²) < 4.78 is 0. The smallest absolute Gasteiger partial charge is 0.237 e. The minimum absolute atomic E-state index is 0.0105. The van der Waals surface area contributed by atoms with Crippen molar-refractivity contribution in [1.82, 2.24) is 9.97 Å². The molecule has 1 amide bonds. The van der Waals surface area contributed by atoms with Crippen LogP contribution >= 0.6 is 23.1 Å². The molecule has 28 heavy (non-hydrogen) atoms. The fourth-order valence-corrected chi connectivity index (χ4v) is 6.37. The molecule has 0 radical (unpaired) electrons. The Bertz CT molecular complexity index is 1060. The average Bonchev–Trinajstić information content (AvgIpc) is 3.17. The first kappa shape index (κ1) is 19.4. The average molecular weight is 412 g/mol. The standard InChI is InChI=1S/C22H25N3OS2/c1-11-9-12(2)19(13(3)10-11)25-20(26)14(4)27-21-18-16-7-6-8-17(16)28-22(18)24-15(5)23-21/h9-10,14H,6-8H2,1-5H3,(H,25,26)/t14-/m0/s1. The summed E-state index contributed by atoms with van der Waals surface area (Å²) in [5, 5.41) is 5.02. The van der Waals surface area contributed by atoms with Gasteiger partial charge >= 0.3 is 0 Å². The first-order valence-electron chi connectivity index (χ1n) is 9.67. The summed E-state index contributed by atoms with van der Waals surface area (Å²) in [6.07, 6.45) is 3.44. The van der Waals surface area contributed by atoms with Gasteiger partial charge in [0, 0.05) is 16.0 Å². The number of aryl methyl sites for hydroxylation is 6. The van der Waals surface area contributed by atoms with Gasteiger partial charge in [-0.2, -0.15) is 0 Å². The van der Waals surface area contributed by atoms with Crippen molar-refractivity contribution in [1.29, 1.82) is 0 Å². The Kier molecular flexibility index (Phi) is 5.19. The molecular weight excluding hydrogens is 386 g/mol. The number of anilines is 1. The molecule has 2 aromatic heterocycles. The highest BCUT2D eigenvalue weighted by Crippen LogP contribution is 2.41. The van der Waals surface area contributed by atoms with Gasteiger partial charge < -0.3 is 5.32 Å². The van der Waals surface area contributed by atoms with Gasteiger partial charge in [-0.05, 0) is 70.6 Å². The molecule has 4 nitrogen and oxygen atoms in total. The zero-order valence-corrected chi connectivity index (χ0v) is 18.6. The van der Waals surface area contributed by atoms with E-state index in [0.717, 1.165) is 45.3 Å². The fraction of sp³-hybridized carbons (Fsp3) is 0.409. The predicted molar refractivity (Wildman–Crippen MR) is 119 cm³/mol. The Morgan fingerprint density at radius 2 is 1.86 bits per heavy atom. The molecule has 146 valence electrons. The molecule has 6 heteroatoms. The van der Waals surface area contributed by atoms with Crippen molar-refractivity contribution >= 4 is 44.9 Å². The number of fused-ring (bicyclic) bond motifs is 3. The number of rotatable bonds is 4. The molecule has 1 aromatic carbocycles. The Balaban J connectivity index is 1.60. The van der Waals surface area contributed by atoms with Crippen molar-refractivity contribution in [2.45, 2.75) is 64.2 Å². The second-order valence-corrected chi connectivity index (χ2v) is 10.0. The van der Waals surface area contributed by atoms with Gasteiger partial charge in [-0.25, -0.2) is 9.97 Å². The third-order valence-electron chi connectivity index (χ3n) is 5.23. The lowest BCUT2D eigenvalue weighted by molar-refractivity contribution is -0.115. The molecule has 1 aliphatic rings. The number of nitrogens with one attached hydrogen (secondary N) is 1. The van der Waals surface area contributed by atoms with Crippen molar-refractivity contribution in [2.24, 2.45) is 0 Å². The third kappa shape index (κ3) is 3.55. The van der Waals surface area contributed by atoms with Crippen LogP contribution in [0.5, 0.6) is 0 Å². The van der Waals surface area contributed by atoms with E-state index in [0.29, 0.717) is 0 Å². The van der Waals surface area contributed by atoms with Gasteiger partial charge in [-0.3, -0.25) is 4.79 Å². The number of carbonyl (C=O) groups excluding carboxylic acids is 1. The van der Waals surface area contributed by atoms with Crippen LogP contribution in [0.25, 0.3) is 10.2 Å². The number of nitrogens with zero attached hydrogens (tertiary/aromatic N) is 2. The highest BCUT2D eigenvalue weighted by atomic mass is 32.2. The maximum absolute atomic E-state index is 12.9. The monoisotopic (exact) mass is 411 g/mol. The van der Waals surface area contributed by atoms with E-state index in [1.165, 1.54) is 27.8 Å². The Hall–Kier alpha value is -1.92. The summed E-state index contributed by atoms with van der Waals surface area (Å²) in [6.45, 7) is 10.0. The Morgan fingerprint density at radius 3 is 2.57 bits per heavy atom. The molecule has 0 saturated carbocycles. The summed E-state index contributed by atoms with van der Waals surface area (Å²) >= 11 is 3.34. The van der Waals surface area contributed by atoms with Crippen LogP contribution in [0.3, 0.4) is 0 Å². The van der Waals surface area contributed by atoms with E-state index in [1.807, 2.05) is 27.7 Å². The number of benzene rings is 1. The maximum atomic E-state index is 12.9. The molecule has 0 unspecified atom stereocenters. The lowest BCUT2D eigenvalue weighted by atomic mass is 10.1. The molecule has 0 saturated heterocycles. The molecule has 3 aromatic rings.